The van der Waals surface area contributed by atoms with Crippen molar-refractivity contribution in [3.8, 4) is 0 Å². The van der Waals surface area contributed by atoms with E-state index < -0.39 is 0 Å². The van der Waals surface area contributed by atoms with Crippen molar-refractivity contribution in [3.05, 3.63) is 47.7 Å². The Kier molecular flexibility index (Phi) is 4.12. The average Bonchev–Trinajstić information content (AvgIpc) is 2.81. The minimum atomic E-state index is -0.228. The first-order valence-electron chi connectivity index (χ1n) is 7.34. The molecule has 0 unspecified atom stereocenters. The third-order valence-electron chi connectivity index (χ3n) is 3.97. The number of esters is 1. The number of hydrogen-bond donors (Lipinski definition) is 0. The van der Waals surface area contributed by atoms with E-state index in [0.29, 0.717) is 12.2 Å². The molecule has 0 saturated heterocycles. The van der Waals surface area contributed by atoms with E-state index in [1.807, 2.05) is 32.4 Å². The van der Waals surface area contributed by atoms with Crippen LogP contribution in [0.3, 0.4) is 0 Å². The number of benzene rings is 2. The number of hydrogen-bond acceptors (Lipinski definition) is 3. The largest absolute Gasteiger partial charge is 0.462 e. The third kappa shape index (κ3) is 2.28. The number of ether oxygens (including phenoxy) is 1. The first-order valence-corrected chi connectivity index (χ1v) is 8.73. The van der Waals surface area contributed by atoms with Crippen LogP contribution < -0.4 is 0 Å². The van der Waals surface area contributed by atoms with Crippen LogP contribution in [-0.2, 0) is 17.5 Å². The van der Waals surface area contributed by atoms with Crippen molar-refractivity contribution >= 4 is 39.4 Å². The van der Waals surface area contributed by atoms with Gasteiger partial charge in [-0.05, 0) is 30.0 Å². The van der Waals surface area contributed by atoms with E-state index in [-0.39, 0.29) is 5.97 Å². The number of carbonyl (C=O) groups excluding carboxylic acids is 1. The molecule has 0 radical (unpaired) electrons. The molecule has 0 aliphatic carbocycles. The fourth-order valence-corrected chi connectivity index (χ4v) is 3.60. The second-order valence-electron chi connectivity index (χ2n) is 5.22. The molecule has 3 nitrogen and oxygen atoms in total. The van der Waals surface area contributed by atoms with Gasteiger partial charge in [0.1, 0.15) is 0 Å². The third-order valence-corrected chi connectivity index (χ3v) is 4.53. The van der Waals surface area contributed by atoms with Gasteiger partial charge < -0.3 is 9.30 Å². The lowest BCUT2D eigenvalue weighted by atomic mass is 10.0. The van der Waals surface area contributed by atoms with Crippen LogP contribution in [0.4, 0.5) is 0 Å². The second kappa shape index (κ2) is 6.05. The average molecular weight is 313 g/mol. The molecule has 1 aromatic heterocycles. The molecule has 0 spiro atoms. The maximum Gasteiger partial charge on any atom is 0.340 e. The number of aryl methyl sites for hydroxylation is 1. The molecular formula is C18H19NO2S. The lowest BCUT2D eigenvalue weighted by Crippen LogP contribution is -2.08. The van der Waals surface area contributed by atoms with Gasteiger partial charge in [-0.1, -0.05) is 30.3 Å². The molecule has 0 atom stereocenters. The summed E-state index contributed by atoms with van der Waals surface area (Å²) in [6.45, 7) is 2.23. The topological polar surface area (TPSA) is 31.2 Å². The normalized spacial score (nSPS) is 11.2. The molecule has 0 N–H and O–H groups in total. The first kappa shape index (κ1) is 15.0. The van der Waals surface area contributed by atoms with Crippen LogP contribution in [0.15, 0.2) is 36.4 Å². The Morgan fingerprint density at radius 1 is 1.23 bits per heavy atom. The summed E-state index contributed by atoms with van der Waals surface area (Å²) in [4.78, 5) is 12.6. The van der Waals surface area contributed by atoms with E-state index in [1.165, 1.54) is 0 Å². The van der Waals surface area contributed by atoms with Crippen molar-refractivity contribution < 1.29 is 9.53 Å². The Labute approximate surface area is 134 Å². The SMILES string of the molecule is CCOC(=O)c1c(CSC)n(C)c2ccc3ccccc3c12. The van der Waals surface area contributed by atoms with Crippen LogP contribution in [0.2, 0.25) is 0 Å². The Morgan fingerprint density at radius 3 is 2.73 bits per heavy atom. The Hall–Kier alpha value is -1.94. The van der Waals surface area contributed by atoms with Crippen molar-refractivity contribution in [2.75, 3.05) is 12.9 Å². The zero-order valence-electron chi connectivity index (χ0n) is 13.1. The summed E-state index contributed by atoms with van der Waals surface area (Å²) in [5, 5.41) is 3.25. The molecule has 0 saturated carbocycles. The van der Waals surface area contributed by atoms with Crippen LogP contribution >= 0.6 is 11.8 Å². The molecular weight excluding hydrogens is 294 g/mol. The fraction of sp³-hybridized carbons (Fsp3) is 0.278. The molecule has 0 fully saturated rings. The minimum Gasteiger partial charge on any atom is -0.462 e. The van der Waals surface area contributed by atoms with Gasteiger partial charge in [-0.2, -0.15) is 11.8 Å². The zero-order chi connectivity index (χ0) is 15.7. The van der Waals surface area contributed by atoms with Crippen LogP contribution in [0, 0.1) is 0 Å². The van der Waals surface area contributed by atoms with E-state index >= 15 is 0 Å². The number of carbonyl (C=O) groups is 1. The van der Waals surface area contributed by atoms with E-state index in [9.17, 15) is 4.79 Å². The van der Waals surface area contributed by atoms with Gasteiger partial charge >= 0.3 is 5.97 Å². The van der Waals surface area contributed by atoms with Crippen molar-refractivity contribution in [2.45, 2.75) is 12.7 Å². The highest BCUT2D eigenvalue weighted by atomic mass is 32.2. The van der Waals surface area contributed by atoms with E-state index in [4.69, 9.17) is 4.74 Å². The molecule has 0 bridgehead atoms. The molecule has 114 valence electrons. The van der Waals surface area contributed by atoms with Gasteiger partial charge in [0.25, 0.3) is 0 Å². The van der Waals surface area contributed by atoms with E-state index in [2.05, 4.69) is 28.8 Å². The number of aromatic nitrogens is 1. The molecule has 3 aromatic rings. The molecule has 2 aromatic carbocycles. The summed E-state index contributed by atoms with van der Waals surface area (Å²) in [5.41, 5.74) is 2.81. The van der Waals surface area contributed by atoms with Crippen LogP contribution in [0.25, 0.3) is 21.7 Å². The number of thioether (sulfide) groups is 1. The fourth-order valence-electron chi connectivity index (χ4n) is 2.99. The minimum absolute atomic E-state index is 0.228. The standard InChI is InChI=1S/C18H19NO2S/c1-4-21-18(20)17-15(11-22-3)19(2)14-10-9-12-7-5-6-8-13(12)16(14)17/h5-10H,4,11H2,1-3H3. The Balaban J connectivity index is 2.43. The van der Waals surface area contributed by atoms with Crippen molar-refractivity contribution in [2.24, 2.45) is 7.05 Å². The highest BCUT2D eigenvalue weighted by Crippen LogP contribution is 2.34. The number of nitrogens with zero attached hydrogens (tertiary/aromatic N) is 1. The first-order chi connectivity index (χ1) is 10.7. The quantitative estimate of drug-likeness (QED) is 0.670. The lowest BCUT2D eigenvalue weighted by molar-refractivity contribution is 0.0527. The summed E-state index contributed by atoms with van der Waals surface area (Å²) in [7, 11) is 2.02. The van der Waals surface area contributed by atoms with E-state index in [0.717, 1.165) is 33.1 Å². The summed E-state index contributed by atoms with van der Waals surface area (Å²) >= 11 is 1.71. The zero-order valence-corrected chi connectivity index (χ0v) is 13.9. The van der Waals surface area contributed by atoms with Gasteiger partial charge in [-0.25, -0.2) is 4.79 Å². The molecule has 0 aliphatic rings. The number of fused-ring (bicyclic) bond motifs is 3. The summed E-state index contributed by atoms with van der Waals surface area (Å²) in [6, 6.07) is 12.4. The van der Waals surface area contributed by atoms with Crippen LogP contribution in [0.1, 0.15) is 23.0 Å². The van der Waals surface area contributed by atoms with Crippen LogP contribution in [0.5, 0.6) is 0 Å². The molecule has 0 aliphatic heterocycles. The van der Waals surface area contributed by atoms with E-state index in [1.54, 1.807) is 11.8 Å². The van der Waals surface area contributed by atoms with Gasteiger partial charge in [0, 0.05) is 29.4 Å². The predicted octanol–water partition coefficient (Wildman–Crippen LogP) is 4.37. The van der Waals surface area contributed by atoms with Gasteiger partial charge in [-0.3, -0.25) is 0 Å². The Morgan fingerprint density at radius 2 is 2.00 bits per heavy atom. The molecule has 4 heteroatoms. The molecule has 0 amide bonds. The van der Waals surface area contributed by atoms with Crippen LogP contribution in [-0.4, -0.2) is 23.4 Å². The summed E-state index contributed by atoms with van der Waals surface area (Å²) in [6.07, 6.45) is 2.05. The summed E-state index contributed by atoms with van der Waals surface area (Å²) < 4.78 is 7.44. The molecule has 22 heavy (non-hydrogen) atoms. The second-order valence-corrected chi connectivity index (χ2v) is 6.08. The van der Waals surface area contributed by atoms with Crippen molar-refractivity contribution in [1.29, 1.82) is 0 Å². The Bertz CT molecular complexity index is 851. The highest BCUT2D eigenvalue weighted by molar-refractivity contribution is 7.97. The smallest absolute Gasteiger partial charge is 0.340 e. The maximum atomic E-state index is 12.6. The summed E-state index contributed by atoms with van der Waals surface area (Å²) in [5.74, 6) is 0.557. The van der Waals surface area contributed by atoms with Crippen molar-refractivity contribution in [3.63, 3.8) is 0 Å². The lowest BCUT2D eigenvalue weighted by Gasteiger charge is -2.06. The van der Waals surface area contributed by atoms with Crippen molar-refractivity contribution in [1.82, 2.24) is 4.57 Å². The molecule has 3 rings (SSSR count). The maximum absolute atomic E-state index is 12.6. The predicted molar refractivity (Wildman–Crippen MR) is 93.6 cm³/mol. The van der Waals surface area contributed by atoms with Gasteiger partial charge in [0.15, 0.2) is 0 Å². The van der Waals surface area contributed by atoms with Gasteiger partial charge in [0.2, 0.25) is 0 Å². The highest BCUT2D eigenvalue weighted by Gasteiger charge is 2.23. The monoisotopic (exact) mass is 313 g/mol. The van der Waals surface area contributed by atoms with Gasteiger partial charge in [-0.15, -0.1) is 0 Å². The molecule has 1 heterocycles. The number of rotatable bonds is 4. The van der Waals surface area contributed by atoms with Gasteiger partial charge in [0.05, 0.1) is 12.2 Å².